The van der Waals surface area contributed by atoms with E-state index >= 15 is 0 Å². The zero-order chi connectivity index (χ0) is 18.1. The number of aliphatic imine (C=N–C) groups is 1. The minimum atomic E-state index is 0. The first-order valence-electron chi connectivity index (χ1n) is 9.85. The summed E-state index contributed by atoms with van der Waals surface area (Å²) in [6, 6.07) is 0.451. The van der Waals surface area contributed by atoms with Crippen molar-refractivity contribution in [2.24, 2.45) is 4.99 Å². The maximum Gasteiger partial charge on any atom is 0.234 e. The maximum absolute atomic E-state index is 11.9. The van der Waals surface area contributed by atoms with E-state index in [0.29, 0.717) is 12.6 Å². The zero-order valence-electron chi connectivity index (χ0n) is 16.7. The number of guanidine groups is 1. The second kappa shape index (κ2) is 12.7. The molecular formula is C18H37IN6O. The highest BCUT2D eigenvalue weighted by Crippen LogP contribution is 2.18. The van der Waals surface area contributed by atoms with Crippen LogP contribution in [0.15, 0.2) is 4.99 Å². The van der Waals surface area contributed by atoms with Gasteiger partial charge in [0.15, 0.2) is 5.96 Å². The summed E-state index contributed by atoms with van der Waals surface area (Å²) in [5.74, 6) is 1.16. The van der Waals surface area contributed by atoms with Crippen molar-refractivity contribution in [1.29, 1.82) is 0 Å². The Morgan fingerprint density at radius 3 is 2.38 bits per heavy atom. The third kappa shape index (κ3) is 8.39. The molecule has 0 bridgehead atoms. The number of nitrogens with one attached hydrogen (secondary N) is 2. The SMILES string of the molecule is CCCN(CC)CCNC(=NC)N1CCN(CC(=O)NC2CC2)CC1.I. The van der Waals surface area contributed by atoms with Crippen molar-refractivity contribution < 1.29 is 4.79 Å². The highest BCUT2D eigenvalue weighted by Gasteiger charge is 2.25. The average molecular weight is 480 g/mol. The molecule has 152 valence electrons. The summed E-state index contributed by atoms with van der Waals surface area (Å²) in [5.41, 5.74) is 0. The lowest BCUT2D eigenvalue weighted by molar-refractivity contribution is -0.122. The molecule has 2 fully saturated rings. The molecule has 0 aromatic heterocycles. The predicted octanol–water partition coefficient (Wildman–Crippen LogP) is 0.808. The van der Waals surface area contributed by atoms with E-state index in [0.717, 1.165) is 71.2 Å². The summed E-state index contributed by atoms with van der Waals surface area (Å²) < 4.78 is 0. The molecule has 1 saturated carbocycles. The fourth-order valence-corrected chi connectivity index (χ4v) is 3.22. The van der Waals surface area contributed by atoms with Gasteiger partial charge in [0.1, 0.15) is 0 Å². The van der Waals surface area contributed by atoms with Crippen LogP contribution in [-0.4, -0.2) is 98.6 Å². The molecule has 0 aromatic carbocycles. The van der Waals surface area contributed by atoms with Gasteiger partial charge in [-0.15, -0.1) is 24.0 Å². The molecular weight excluding hydrogens is 443 g/mol. The van der Waals surface area contributed by atoms with Crippen LogP contribution in [0.4, 0.5) is 0 Å². The van der Waals surface area contributed by atoms with Crippen molar-refractivity contribution in [2.45, 2.75) is 39.2 Å². The minimum absolute atomic E-state index is 0. The molecule has 1 aliphatic carbocycles. The van der Waals surface area contributed by atoms with E-state index < -0.39 is 0 Å². The molecule has 7 nitrogen and oxygen atoms in total. The van der Waals surface area contributed by atoms with Crippen molar-refractivity contribution >= 4 is 35.8 Å². The van der Waals surface area contributed by atoms with Gasteiger partial charge in [-0.2, -0.15) is 0 Å². The summed E-state index contributed by atoms with van der Waals surface area (Å²) >= 11 is 0. The van der Waals surface area contributed by atoms with Gasteiger partial charge in [0.05, 0.1) is 6.54 Å². The lowest BCUT2D eigenvalue weighted by Crippen LogP contribution is -2.54. The first kappa shape index (κ1) is 23.4. The smallest absolute Gasteiger partial charge is 0.234 e. The van der Waals surface area contributed by atoms with Gasteiger partial charge in [0, 0.05) is 52.4 Å². The maximum atomic E-state index is 11.9. The summed E-state index contributed by atoms with van der Waals surface area (Å²) in [5, 5.41) is 6.55. The van der Waals surface area contributed by atoms with E-state index in [1.807, 2.05) is 7.05 Å². The Morgan fingerprint density at radius 2 is 1.85 bits per heavy atom. The van der Waals surface area contributed by atoms with Crippen LogP contribution < -0.4 is 10.6 Å². The normalized spacial score (nSPS) is 18.6. The van der Waals surface area contributed by atoms with Crippen molar-refractivity contribution in [3.05, 3.63) is 0 Å². The second-order valence-corrected chi connectivity index (χ2v) is 7.01. The molecule has 1 amide bonds. The number of hydrogen-bond donors (Lipinski definition) is 2. The first-order valence-corrected chi connectivity index (χ1v) is 9.85. The van der Waals surface area contributed by atoms with E-state index in [9.17, 15) is 4.79 Å². The molecule has 1 heterocycles. The number of halogens is 1. The van der Waals surface area contributed by atoms with Gasteiger partial charge < -0.3 is 20.4 Å². The average Bonchev–Trinajstić information content (AvgIpc) is 3.42. The van der Waals surface area contributed by atoms with Crippen LogP contribution in [0.3, 0.4) is 0 Å². The van der Waals surface area contributed by atoms with Crippen LogP contribution in [0.5, 0.6) is 0 Å². The van der Waals surface area contributed by atoms with Crippen molar-refractivity contribution in [2.75, 3.05) is 66.0 Å². The molecule has 0 spiro atoms. The van der Waals surface area contributed by atoms with Crippen molar-refractivity contribution in [3.63, 3.8) is 0 Å². The largest absolute Gasteiger partial charge is 0.355 e. The Hall–Kier alpha value is -0.610. The van der Waals surface area contributed by atoms with Gasteiger partial charge >= 0.3 is 0 Å². The molecule has 0 aromatic rings. The number of piperazine rings is 1. The Bertz CT molecular complexity index is 435. The number of hydrogen-bond acceptors (Lipinski definition) is 4. The Kier molecular flexibility index (Phi) is 11.5. The first-order chi connectivity index (χ1) is 12.2. The fourth-order valence-electron chi connectivity index (χ4n) is 3.22. The lowest BCUT2D eigenvalue weighted by Gasteiger charge is -2.36. The van der Waals surface area contributed by atoms with Gasteiger partial charge in [-0.3, -0.25) is 14.7 Å². The lowest BCUT2D eigenvalue weighted by atomic mass is 10.3. The van der Waals surface area contributed by atoms with E-state index in [1.54, 1.807) is 0 Å². The third-order valence-electron chi connectivity index (χ3n) is 4.89. The van der Waals surface area contributed by atoms with Crippen LogP contribution in [0.2, 0.25) is 0 Å². The van der Waals surface area contributed by atoms with Crippen LogP contribution in [-0.2, 0) is 4.79 Å². The summed E-state index contributed by atoms with van der Waals surface area (Å²) in [6.07, 6.45) is 3.49. The molecule has 1 aliphatic heterocycles. The fraction of sp³-hybridized carbons (Fsp3) is 0.889. The number of nitrogens with zero attached hydrogens (tertiary/aromatic N) is 4. The van der Waals surface area contributed by atoms with Gasteiger partial charge in [-0.25, -0.2) is 0 Å². The molecule has 0 unspecified atom stereocenters. The van der Waals surface area contributed by atoms with E-state index in [4.69, 9.17) is 0 Å². The van der Waals surface area contributed by atoms with Gasteiger partial charge in [-0.1, -0.05) is 13.8 Å². The highest BCUT2D eigenvalue weighted by atomic mass is 127. The predicted molar refractivity (Wildman–Crippen MR) is 118 cm³/mol. The second-order valence-electron chi connectivity index (χ2n) is 7.01. The van der Waals surface area contributed by atoms with Crippen LogP contribution in [0.1, 0.15) is 33.1 Å². The summed E-state index contributed by atoms with van der Waals surface area (Å²) in [4.78, 5) is 23.3. The molecule has 2 aliphatic rings. The highest BCUT2D eigenvalue weighted by molar-refractivity contribution is 14.0. The van der Waals surface area contributed by atoms with Crippen LogP contribution in [0.25, 0.3) is 0 Å². The number of carbonyl (C=O) groups is 1. The molecule has 2 N–H and O–H groups in total. The van der Waals surface area contributed by atoms with Crippen LogP contribution >= 0.6 is 24.0 Å². The third-order valence-corrected chi connectivity index (χ3v) is 4.89. The zero-order valence-corrected chi connectivity index (χ0v) is 19.0. The standard InChI is InChI=1S/C18H36N6O.HI/c1-4-9-22(5-2)10-8-20-18(19-3)24-13-11-23(12-14-24)15-17(25)21-16-6-7-16;/h16H,4-15H2,1-3H3,(H,19,20)(H,21,25);1H. The number of rotatable bonds is 9. The Labute approximate surface area is 176 Å². The van der Waals surface area contributed by atoms with E-state index in [2.05, 4.69) is 44.2 Å². The number of likely N-dealkylation sites (N-methyl/N-ethyl adjacent to an activating group) is 1. The van der Waals surface area contributed by atoms with E-state index in [1.165, 1.54) is 6.42 Å². The van der Waals surface area contributed by atoms with Gasteiger partial charge in [0.2, 0.25) is 5.91 Å². The number of amides is 1. The topological polar surface area (TPSA) is 63.2 Å². The molecule has 2 rings (SSSR count). The molecule has 0 atom stereocenters. The number of carbonyl (C=O) groups excluding carboxylic acids is 1. The van der Waals surface area contributed by atoms with Gasteiger partial charge in [0.25, 0.3) is 0 Å². The van der Waals surface area contributed by atoms with Crippen molar-refractivity contribution in [1.82, 2.24) is 25.3 Å². The summed E-state index contributed by atoms with van der Waals surface area (Å²) in [6.45, 7) is 12.8. The van der Waals surface area contributed by atoms with E-state index in [-0.39, 0.29) is 29.9 Å². The molecule has 8 heteroatoms. The molecule has 1 saturated heterocycles. The quantitative estimate of drug-likeness (QED) is 0.291. The monoisotopic (exact) mass is 480 g/mol. The Morgan fingerprint density at radius 1 is 1.15 bits per heavy atom. The van der Waals surface area contributed by atoms with Crippen LogP contribution in [0, 0.1) is 0 Å². The molecule has 0 radical (unpaired) electrons. The molecule has 26 heavy (non-hydrogen) atoms. The summed E-state index contributed by atoms with van der Waals surface area (Å²) in [7, 11) is 1.85. The van der Waals surface area contributed by atoms with Gasteiger partial charge in [-0.05, 0) is 32.4 Å². The minimum Gasteiger partial charge on any atom is -0.355 e. The Balaban J connectivity index is 0.00000338. The van der Waals surface area contributed by atoms with Crippen molar-refractivity contribution in [3.8, 4) is 0 Å².